The van der Waals surface area contributed by atoms with Gasteiger partial charge in [0.15, 0.2) is 0 Å². The highest BCUT2D eigenvalue weighted by Gasteiger charge is 2.20. The number of aromatic hydroxyl groups is 1. The van der Waals surface area contributed by atoms with Crippen molar-refractivity contribution in [3.05, 3.63) is 95.3 Å². The Morgan fingerprint density at radius 1 is 0.778 bits per heavy atom. The van der Waals surface area contributed by atoms with Crippen LogP contribution in [0.5, 0.6) is 5.75 Å². The van der Waals surface area contributed by atoms with E-state index in [-0.39, 0.29) is 11.8 Å². The van der Waals surface area contributed by atoms with Gasteiger partial charge in [0, 0.05) is 22.3 Å². The van der Waals surface area contributed by atoms with E-state index >= 15 is 0 Å². The van der Waals surface area contributed by atoms with Gasteiger partial charge >= 0.3 is 0 Å². The summed E-state index contributed by atoms with van der Waals surface area (Å²) in [6.07, 6.45) is 0. The lowest BCUT2D eigenvalue weighted by atomic mass is 9.96. The van der Waals surface area contributed by atoms with Gasteiger partial charge in [-0.25, -0.2) is 9.97 Å². The van der Waals surface area contributed by atoms with Crippen molar-refractivity contribution < 1.29 is 5.11 Å². The van der Waals surface area contributed by atoms with Crippen molar-refractivity contribution in [2.45, 2.75) is 19.9 Å². The van der Waals surface area contributed by atoms with E-state index in [9.17, 15) is 5.11 Å². The summed E-state index contributed by atoms with van der Waals surface area (Å²) in [4.78, 5) is 9.10. The number of benzene rings is 2. The van der Waals surface area contributed by atoms with Crippen molar-refractivity contribution in [3.63, 3.8) is 0 Å². The van der Waals surface area contributed by atoms with E-state index in [0.29, 0.717) is 5.52 Å². The molecule has 0 saturated heterocycles. The Labute approximate surface area is 158 Å². The molecular weight excluding hydrogens is 334 g/mol. The third kappa shape index (κ3) is 3.47. The van der Waals surface area contributed by atoms with Crippen LogP contribution >= 0.6 is 0 Å². The molecule has 2 heterocycles. The SMILES string of the molecule is Cc1cccc(N[C@@H](c2ccccc2)c2ccc3ccc(C)nc3c2O)n1. The molecule has 0 aliphatic rings. The first kappa shape index (κ1) is 17.0. The predicted octanol–water partition coefficient (Wildman–Crippen LogP) is 5.15. The Bertz CT molecular complexity index is 1090. The Balaban J connectivity index is 1.86. The second-order valence-electron chi connectivity index (χ2n) is 6.68. The van der Waals surface area contributed by atoms with Gasteiger partial charge in [-0.3, -0.25) is 0 Å². The number of pyridine rings is 2. The predicted molar refractivity (Wildman–Crippen MR) is 109 cm³/mol. The van der Waals surface area contributed by atoms with Gasteiger partial charge in [0.05, 0.1) is 6.04 Å². The molecule has 2 aromatic carbocycles. The van der Waals surface area contributed by atoms with Gasteiger partial charge < -0.3 is 10.4 Å². The van der Waals surface area contributed by atoms with Gasteiger partial charge in [0.2, 0.25) is 0 Å². The Morgan fingerprint density at radius 2 is 1.52 bits per heavy atom. The normalized spacial score (nSPS) is 12.1. The van der Waals surface area contributed by atoms with Crippen LogP contribution < -0.4 is 5.32 Å². The lowest BCUT2D eigenvalue weighted by molar-refractivity contribution is 0.471. The van der Waals surface area contributed by atoms with Crippen LogP contribution in [0.2, 0.25) is 0 Å². The van der Waals surface area contributed by atoms with Crippen LogP contribution in [0.25, 0.3) is 10.9 Å². The largest absolute Gasteiger partial charge is 0.505 e. The first-order valence-electron chi connectivity index (χ1n) is 8.96. The molecule has 0 spiro atoms. The van der Waals surface area contributed by atoms with Crippen molar-refractivity contribution in [1.29, 1.82) is 0 Å². The molecule has 4 aromatic rings. The third-order valence-corrected chi connectivity index (χ3v) is 4.63. The molecular formula is C23H21N3O. The molecule has 0 unspecified atom stereocenters. The standard InChI is InChI=1S/C23H21N3O/c1-15-7-6-10-20(24-15)26-21(17-8-4-3-5-9-17)19-14-13-18-12-11-16(2)25-22(18)23(19)27/h3-14,21,27H,1-2H3,(H,24,26)/t21-/m0/s1. The van der Waals surface area contributed by atoms with Crippen molar-refractivity contribution >= 4 is 16.7 Å². The highest BCUT2D eigenvalue weighted by molar-refractivity contribution is 5.86. The number of fused-ring (bicyclic) bond motifs is 1. The number of phenols is 1. The van der Waals surface area contributed by atoms with Crippen LogP contribution in [-0.4, -0.2) is 15.1 Å². The molecule has 0 aliphatic heterocycles. The van der Waals surface area contributed by atoms with Crippen molar-refractivity contribution in [3.8, 4) is 5.75 Å². The molecule has 4 rings (SSSR count). The second-order valence-corrected chi connectivity index (χ2v) is 6.68. The average molecular weight is 355 g/mol. The summed E-state index contributed by atoms with van der Waals surface area (Å²) < 4.78 is 0. The maximum absolute atomic E-state index is 11.0. The fourth-order valence-corrected chi connectivity index (χ4v) is 3.28. The highest BCUT2D eigenvalue weighted by atomic mass is 16.3. The zero-order valence-electron chi connectivity index (χ0n) is 15.3. The molecule has 2 aromatic heterocycles. The van der Waals surface area contributed by atoms with E-state index in [2.05, 4.69) is 15.3 Å². The van der Waals surface area contributed by atoms with Crippen LogP contribution in [-0.2, 0) is 0 Å². The third-order valence-electron chi connectivity index (χ3n) is 4.63. The van der Waals surface area contributed by atoms with Crippen LogP contribution in [0.4, 0.5) is 5.82 Å². The lowest BCUT2D eigenvalue weighted by Crippen LogP contribution is -2.14. The monoisotopic (exact) mass is 355 g/mol. The molecule has 134 valence electrons. The first-order valence-corrected chi connectivity index (χ1v) is 8.96. The molecule has 0 fully saturated rings. The summed E-state index contributed by atoms with van der Waals surface area (Å²) in [7, 11) is 0. The number of aryl methyl sites for hydroxylation is 2. The van der Waals surface area contributed by atoms with Crippen molar-refractivity contribution in [2.75, 3.05) is 5.32 Å². The van der Waals surface area contributed by atoms with Gasteiger partial charge in [-0.1, -0.05) is 54.6 Å². The van der Waals surface area contributed by atoms with E-state index in [1.54, 1.807) is 0 Å². The van der Waals surface area contributed by atoms with Crippen LogP contribution in [0.1, 0.15) is 28.6 Å². The van der Waals surface area contributed by atoms with E-state index in [1.807, 2.05) is 86.6 Å². The second kappa shape index (κ2) is 7.08. The summed E-state index contributed by atoms with van der Waals surface area (Å²) in [6, 6.07) is 23.6. The van der Waals surface area contributed by atoms with Crippen molar-refractivity contribution in [1.82, 2.24) is 9.97 Å². The number of nitrogens with one attached hydrogen (secondary N) is 1. The average Bonchev–Trinajstić information content (AvgIpc) is 2.68. The molecule has 2 N–H and O–H groups in total. The summed E-state index contributed by atoms with van der Waals surface area (Å²) in [5.41, 5.74) is 4.25. The van der Waals surface area contributed by atoms with Crippen LogP contribution in [0.15, 0.2) is 72.8 Å². The number of anilines is 1. The fraction of sp³-hybridized carbons (Fsp3) is 0.130. The van der Waals surface area contributed by atoms with E-state index in [0.717, 1.165) is 33.7 Å². The summed E-state index contributed by atoms with van der Waals surface area (Å²) in [5.74, 6) is 0.964. The molecule has 4 heteroatoms. The maximum atomic E-state index is 11.0. The molecule has 27 heavy (non-hydrogen) atoms. The first-order chi connectivity index (χ1) is 13.1. The lowest BCUT2D eigenvalue weighted by Gasteiger charge is -2.22. The molecule has 1 atom stereocenters. The number of hydrogen-bond acceptors (Lipinski definition) is 4. The zero-order chi connectivity index (χ0) is 18.8. The Hall–Kier alpha value is -3.40. The quantitative estimate of drug-likeness (QED) is 0.531. The van der Waals surface area contributed by atoms with Gasteiger partial charge in [-0.15, -0.1) is 0 Å². The number of nitrogens with zero attached hydrogens (tertiary/aromatic N) is 2. The summed E-state index contributed by atoms with van der Waals surface area (Å²) >= 11 is 0. The van der Waals surface area contributed by atoms with E-state index in [4.69, 9.17) is 0 Å². The van der Waals surface area contributed by atoms with Gasteiger partial charge in [0.1, 0.15) is 17.1 Å². The summed E-state index contributed by atoms with van der Waals surface area (Å²) in [5, 5.41) is 15.4. The number of hydrogen-bond donors (Lipinski definition) is 2. The van der Waals surface area contributed by atoms with Gasteiger partial charge in [0.25, 0.3) is 0 Å². The molecule has 4 nitrogen and oxygen atoms in total. The maximum Gasteiger partial charge on any atom is 0.147 e. The Kier molecular flexibility index (Phi) is 4.47. The van der Waals surface area contributed by atoms with E-state index in [1.165, 1.54) is 0 Å². The molecule has 0 bridgehead atoms. The topological polar surface area (TPSA) is 58.0 Å². The number of aromatic nitrogens is 2. The fourth-order valence-electron chi connectivity index (χ4n) is 3.28. The number of rotatable bonds is 4. The van der Waals surface area contributed by atoms with Gasteiger partial charge in [-0.2, -0.15) is 0 Å². The molecule has 0 aliphatic carbocycles. The minimum atomic E-state index is -0.243. The minimum Gasteiger partial charge on any atom is -0.505 e. The minimum absolute atomic E-state index is 0.199. The van der Waals surface area contributed by atoms with Crippen LogP contribution in [0, 0.1) is 13.8 Å². The van der Waals surface area contributed by atoms with E-state index < -0.39 is 0 Å². The zero-order valence-corrected chi connectivity index (χ0v) is 15.3. The molecule has 0 saturated carbocycles. The smallest absolute Gasteiger partial charge is 0.147 e. The summed E-state index contributed by atoms with van der Waals surface area (Å²) in [6.45, 7) is 3.89. The van der Waals surface area contributed by atoms with Gasteiger partial charge in [-0.05, 0) is 37.6 Å². The van der Waals surface area contributed by atoms with Crippen LogP contribution in [0.3, 0.4) is 0 Å². The highest BCUT2D eigenvalue weighted by Crippen LogP contribution is 2.36. The Morgan fingerprint density at radius 3 is 2.30 bits per heavy atom. The molecule has 0 amide bonds. The molecule has 0 radical (unpaired) electrons. The number of phenolic OH excluding ortho intramolecular Hbond substituents is 1. The van der Waals surface area contributed by atoms with Crippen molar-refractivity contribution in [2.24, 2.45) is 0 Å².